The Morgan fingerprint density at radius 1 is 1.36 bits per heavy atom. The first-order chi connectivity index (χ1) is 10.6. The number of nitrogens with zero attached hydrogens (tertiary/aromatic N) is 2. The van der Waals surface area contributed by atoms with Gasteiger partial charge in [-0.05, 0) is 30.4 Å². The first-order valence-corrected chi connectivity index (χ1v) is 7.62. The Kier molecular flexibility index (Phi) is 6.11. The van der Waals surface area contributed by atoms with Crippen molar-refractivity contribution in [1.29, 1.82) is 0 Å². The van der Waals surface area contributed by atoms with Crippen LogP contribution in [-0.2, 0) is 4.74 Å². The molecule has 1 aromatic rings. The van der Waals surface area contributed by atoms with E-state index in [1.807, 2.05) is 6.07 Å². The molecule has 0 unspecified atom stereocenters. The van der Waals surface area contributed by atoms with Crippen LogP contribution in [0.2, 0.25) is 0 Å². The highest BCUT2D eigenvalue weighted by molar-refractivity contribution is 7.80. The van der Waals surface area contributed by atoms with Crippen LogP contribution in [-0.4, -0.2) is 72.4 Å². The number of piperazine rings is 1. The highest BCUT2D eigenvalue weighted by atomic mass is 32.1. The van der Waals surface area contributed by atoms with Crippen LogP contribution in [0.25, 0.3) is 0 Å². The minimum absolute atomic E-state index is 0.184. The van der Waals surface area contributed by atoms with Gasteiger partial charge < -0.3 is 20.1 Å². The Hall–Kier alpha value is -1.70. The smallest absolute Gasteiger partial charge is 0.337 e. The lowest BCUT2D eigenvalue weighted by molar-refractivity contribution is 0.0601. The SMILES string of the molecule is COC(=O)c1cccc(NC(=S)N2CCN(CCO)CC2)c1. The summed E-state index contributed by atoms with van der Waals surface area (Å²) in [5.41, 5.74) is 1.26. The van der Waals surface area contributed by atoms with Crippen LogP contribution in [0.4, 0.5) is 5.69 Å². The minimum Gasteiger partial charge on any atom is -0.465 e. The number of methoxy groups -OCH3 is 1. The summed E-state index contributed by atoms with van der Waals surface area (Å²) in [6.45, 7) is 4.29. The number of benzene rings is 1. The quantitative estimate of drug-likeness (QED) is 0.627. The number of rotatable bonds is 4. The van der Waals surface area contributed by atoms with Crippen LogP contribution in [0.1, 0.15) is 10.4 Å². The van der Waals surface area contributed by atoms with Gasteiger partial charge in [0.2, 0.25) is 0 Å². The molecule has 22 heavy (non-hydrogen) atoms. The maximum atomic E-state index is 11.5. The van der Waals surface area contributed by atoms with Crippen molar-refractivity contribution >= 4 is 29.0 Å². The Morgan fingerprint density at radius 3 is 2.73 bits per heavy atom. The van der Waals surface area contributed by atoms with E-state index in [0.717, 1.165) is 31.9 Å². The van der Waals surface area contributed by atoms with Gasteiger partial charge in [0.25, 0.3) is 0 Å². The number of ether oxygens (including phenoxy) is 1. The summed E-state index contributed by atoms with van der Waals surface area (Å²) in [5, 5.41) is 12.8. The average molecular weight is 323 g/mol. The molecule has 120 valence electrons. The summed E-state index contributed by atoms with van der Waals surface area (Å²) in [6, 6.07) is 7.07. The van der Waals surface area contributed by atoms with E-state index in [-0.39, 0.29) is 12.6 Å². The van der Waals surface area contributed by atoms with E-state index in [9.17, 15) is 4.79 Å². The van der Waals surface area contributed by atoms with Gasteiger partial charge in [-0.1, -0.05) is 6.07 Å². The second-order valence-electron chi connectivity index (χ2n) is 5.05. The minimum atomic E-state index is -0.368. The van der Waals surface area contributed by atoms with Crippen LogP contribution in [0.5, 0.6) is 0 Å². The fraction of sp³-hybridized carbons (Fsp3) is 0.467. The maximum Gasteiger partial charge on any atom is 0.337 e. The molecule has 0 amide bonds. The molecule has 0 spiro atoms. The van der Waals surface area contributed by atoms with E-state index in [0.29, 0.717) is 17.2 Å². The summed E-state index contributed by atoms with van der Waals surface area (Å²) in [6.07, 6.45) is 0. The molecule has 0 aliphatic carbocycles. The number of anilines is 1. The molecule has 0 aromatic heterocycles. The number of esters is 1. The van der Waals surface area contributed by atoms with Crippen molar-refractivity contribution in [3.8, 4) is 0 Å². The van der Waals surface area contributed by atoms with Crippen molar-refractivity contribution in [2.45, 2.75) is 0 Å². The lowest BCUT2D eigenvalue weighted by atomic mass is 10.2. The molecule has 1 aliphatic heterocycles. The highest BCUT2D eigenvalue weighted by Crippen LogP contribution is 2.13. The molecule has 1 aromatic carbocycles. The van der Waals surface area contributed by atoms with Gasteiger partial charge in [0.15, 0.2) is 5.11 Å². The third kappa shape index (κ3) is 4.40. The maximum absolute atomic E-state index is 11.5. The van der Waals surface area contributed by atoms with Crippen LogP contribution in [0.15, 0.2) is 24.3 Å². The first kappa shape index (κ1) is 16.7. The third-order valence-electron chi connectivity index (χ3n) is 3.61. The van der Waals surface area contributed by atoms with E-state index < -0.39 is 0 Å². The van der Waals surface area contributed by atoms with Gasteiger partial charge >= 0.3 is 5.97 Å². The Morgan fingerprint density at radius 2 is 2.09 bits per heavy atom. The fourth-order valence-corrected chi connectivity index (χ4v) is 2.66. The predicted molar refractivity (Wildman–Crippen MR) is 89.1 cm³/mol. The van der Waals surface area contributed by atoms with Gasteiger partial charge in [0.05, 0.1) is 19.3 Å². The van der Waals surface area contributed by atoms with E-state index in [1.54, 1.807) is 18.2 Å². The summed E-state index contributed by atoms with van der Waals surface area (Å²) < 4.78 is 4.71. The van der Waals surface area contributed by atoms with E-state index in [4.69, 9.17) is 22.1 Å². The summed E-state index contributed by atoms with van der Waals surface area (Å²) in [5.74, 6) is -0.368. The summed E-state index contributed by atoms with van der Waals surface area (Å²) in [7, 11) is 1.36. The number of hydrogen-bond donors (Lipinski definition) is 2. The van der Waals surface area contributed by atoms with E-state index in [2.05, 4.69) is 15.1 Å². The van der Waals surface area contributed by atoms with Crippen molar-refractivity contribution in [2.24, 2.45) is 0 Å². The van der Waals surface area contributed by atoms with Crippen LogP contribution < -0.4 is 5.32 Å². The molecular weight excluding hydrogens is 302 g/mol. The number of nitrogens with one attached hydrogen (secondary N) is 1. The normalized spacial score (nSPS) is 15.5. The zero-order valence-electron chi connectivity index (χ0n) is 12.6. The topological polar surface area (TPSA) is 65.0 Å². The largest absolute Gasteiger partial charge is 0.465 e. The number of β-amino-alcohol motifs (C(OH)–C–C–N with tert-alkyl or cyclic N) is 1. The van der Waals surface area contributed by atoms with Crippen LogP contribution in [0, 0.1) is 0 Å². The molecule has 1 aliphatic rings. The molecule has 0 radical (unpaired) electrons. The average Bonchev–Trinajstić information content (AvgIpc) is 2.55. The molecule has 1 heterocycles. The van der Waals surface area contributed by atoms with Crippen molar-refractivity contribution in [3.63, 3.8) is 0 Å². The van der Waals surface area contributed by atoms with Gasteiger partial charge in [0.1, 0.15) is 0 Å². The van der Waals surface area contributed by atoms with E-state index >= 15 is 0 Å². The molecule has 0 bridgehead atoms. The molecule has 2 rings (SSSR count). The number of carbonyl (C=O) groups is 1. The highest BCUT2D eigenvalue weighted by Gasteiger charge is 2.18. The number of thiocarbonyl (C=S) groups is 1. The molecule has 1 fully saturated rings. The van der Waals surface area contributed by atoms with Crippen LogP contribution >= 0.6 is 12.2 Å². The predicted octanol–water partition coefficient (Wildman–Crippen LogP) is 0.780. The number of hydrogen-bond acceptors (Lipinski definition) is 5. The number of aliphatic hydroxyl groups is 1. The lowest BCUT2D eigenvalue weighted by Gasteiger charge is -2.35. The molecular formula is C15H21N3O3S. The molecule has 1 saturated heterocycles. The fourth-order valence-electron chi connectivity index (χ4n) is 2.36. The van der Waals surface area contributed by atoms with Crippen molar-refractivity contribution < 1.29 is 14.6 Å². The Balaban J connectivity index is 1.91. The molecule has 0 saturated carbocycles. The van der Waals surface area contributed by atoms with Crippen molar-refractivity contribution in [1.82, 2.24) is 9.80 Å². The van der Waals surface area contributed by atoms with Gasteiger partial charge in [-0.15, -0.1) is 0 Å². The first-order valence-electron chi connectivity index (χ1n) is 7.21. The zero-order valence-corrected chi connectivity index (χ0v) is 13.4. The lowest BCUT2D eigenvalue weighted by Crippen LogP contribution is -2.50. The van der Waals surface area contributed by atoms with Crippen LogP contribution in [0.3, 0.4) is 0 Å². The summed E-state index contributed by atoms with van der Waals surface area (Å²) >= 11 is 5.43. The Labute approximate surface area is 135 Å². The standard InChI is InChI=1S/C15H21N3O3S/c1-21-14(20)12-3-2-4-13(11-12)16-15(22)18-7-5-17(6-8-18)9-10-19/h2-4,11,19H,5-10H2,1H3,(H,16,22). The second kappa shape index (κ2) is 8.07. The number of aliphatic hydroxyl groups excluding tert-OH is 1. The summed E-state index contributed by atoms with van der Waals surface area (Å²) in [4.78, 5) is 15.8. The second-order valence-corrected chi connectivity index (χ2v) is 5.44. The molecule has 6 nitrogen and oxygen atoms in total. The van der Waals surface area contributed by atoms with Crippen molar-refractivity contribution in [2.75, 3.05) is 51.8 Å². The number of carbonyl (C=O) groups excluding carboxylic acids is 1. The third-order valence-corrected chi connectivity index (χ3v) is 3.97. The molecule has 2 N–H and O–H groups in total. The van der Waals surface area contributed by atoms with Gasteiger partial charge in [0, 0.05) is 38.4 Å². The molecule has 7 heteroatoms. The van der Waals surface area contributed by atoms with Gasteiger partial charge in [-0.3, -0.25) is 4.90 Å². The van der Waals surface area contributed by atoms with E-state index in [1.165, 1.54) is 7.11 Å². The van der Waals surface area contributed by atoms with Crippen molar-refractivity contribution in [3.05, 3.63) is 29.8 Å². The van der Waals surface area contributed by atoms with Gasteiger partial charge in [-0.2, -0.15) is 0 Å². The molecule has 0 atom stereocenters. The monoisotopic (exact) mass is 323 g/mol. The van der Waals surface area contributed by atoms with Gasteiger partial charge in [-0.25, -0.2) is 4.79 Å². The zero-order chi connectivity index (χ0) is 15.9. The Bertz CT molecular complexity index is 531.